The Morgan fingerprint density at radius 2 is 2.00 bits per heavy atom. The molecule has 4 nitrogen and oxygen atoms in total. The van der Waals surface area contributed by atoms with Crippen molar-refractivity contribution in [1.29, 1.82) is 0 Å². The van der Waals surface area contributed by atoms with Crippen molar-refractivity contribution in [3.63, 3.8) is 0 Å². The van der Waals surface area contributed by atoms with Crippen LogP contribution in [-0.4, -0.2) is 23.1 Å². The van der Waals surface area contributed by atoms with E-state index in [2.05, 4.69) is 22.2 Å². The zero-order chi connectivity index (χ0) is 11.6. The Morgan fingerprint density at radius 3 is 2.75 bits per heavy atom. The van der Waals surface area contributed by atoms with Crippen LogP contribution in [0.25, 0.3) is 0 Å². The van der Waals surface area contributed by atoms with Crippen molar-refractivity contribution in [2.24, 2.45) is 5.73 Å². The van der Waals surface area contributed by atoms with Gasteiger partial charge in [-0.3, -0.25) is 0 Å². The van der Waals surface area contributed by atoms with Gasteiger partial charge in [-0.1, -0.05) is 19.8 Å². The molecule has 90 valence electrons. The molecule has 1 rings (SSSR count). The quantitative estimate of drug-likeness (QED) is 0.660. The smallest absolute Gasteiger partial charge is 0.129 e. The Labute approximate surface area is 97.7 Å². The number of anilines is 1. The molecule has 16 heavy (non-hydrogen) atoms. The lowest BCUT2D eigenvalue weighted by atomic mass is 10.2. The number of nitrogens with zero attached hydrogens (tertiary/aromatic N) is 2. The van der Waals surface area contributed by atoms with Crippen LogP contribution in [-0.2, 0) is 6.42 Å². The number of hydrogen-bond acceptors (Lipinski definition) is 4. The van der Waals surface area contributed by atoms with Crippen LogP contribution in [0, 0.1) is 0 Å². The summed E-state index contributed by atoms with van der Waals surface area (Å²) < 4.78 is 0. The number of nitrogens with one attached hydrogen (secondary N) is 1. The minimum absolute atomic E-state index is 0.805. The molecule has 0 radical (unpaired) electrons. The molecular formula is C12H22N4. The van der Waals surface area contributed by atoms with Gasteiger partial charge in [-0.2, -0.15) is 0 Å². The number of nitrogens with two attached hydrogens (primary N) is 1. The molecule has 3 N–H and O–H groups in total. The molecule has 4 heteroatoms. The van der Waals surface area contributed by atoms with Gasteiger partial charge < -0.3 is 11.1 Å². The molecule has 0 amide bonds. The molecule has 0 aliphatic rings. The van der Waals surface area contributed by atoms with Gasteiger partial charge in [-0.05, 0) is 25.8 Å². The van der Waals surface area contributed by atoms with Crippen LogP contribution in [0.5, 0.6) is 0 Å². The van der Waals surface area contributed by atoms with Crippen LogP contribution in [0.1, 0.15) is 38.3 Å². The van der Waals surface area contributed by atoms with Crippen molar-refractivity contribution in [2.45, 2.75) is 39.0 Å². The summed E-state index contributed by atoms with van der Waals surface area (Å²) in [7, 11) is 0. The third-order valence-corrected chi connectivity index (χ3v) is 2.52. The van der Waals surface area contributed by atoms with E-state index in [1.54, 1.807) is 6.33 Å². The van der Waals surface area contributed by atoms with E-state index >= 15 is 0 Å². The summed E-state index contributed by atoms with van der Waals surface area (Å²) in [5.74, 6) is 0.936. The summed E-state index contributed by atoms with van der Waals surface area (Å²) in [6, 6.07) is 2.01. The number of aryl methyl sites for hydroxylation is 1. The van der Waals surface area contributed by atoms with E-state index in [4.69, 9.17) is 5.73 Å². The minimum atomic E-state index is 0.805. The van der Waals surface area contributed by atoms with Gasteiger partial charge in [0, 0.05) is 18.3 Å². The highest BCUT2D eigenvalue weighted by Gasteiger charge is 1.96. The van der Waals surface area contributed by atoms with Crippen molar-refractivity contribution in [1.82, 2.24) is 9.97 Å². The lowest BCUT2D eigenvalue weighted by Crippen LogP contribution is -2.05. The number of unbranched alkanes of at least 4 members (excludes halogenated alkanes) is 3. The van der Waals surface area contributed by atoms with Gasteiger partial charge in [0.25, 0.3) is 0 Å². The average molecular weight is 222 g/mol. The highest BCUT2D eigenvalue weighted by molar-refractivity contribution is 5.34. The topological polar surface area (TPSA) is 63.8 Å². The fraction of sp³-hybridized carbons (Fsp3) is 0.667. The first-order valence-corrected chi connectivity index (χ1v) is 6.11. The standard InChI is InChI=1S/C12H22N4/c1-2-11-9-12(16-10-15-11)14-8-6-4-3-5-7-13/h9-10H,2-8,13H2,1H3,(H,14,15,16). The molecule has 0 atom stereocenters. The maximum atomic E-state index is 5.43. The second-order valence-corrected chi connectivity index (χ2v) is 3.88. The van der Waals surface area contributed by atoms with Gasteiger partial charge in [-0.15, -0.1) is 0 Å². The summed E-state index contributed by atoms with van der Waals surface area (Å²) in [6.07, 6.45) is 7.33. The molecule has 0 bridgehead atoms. The van der Waals surface area contributed by atoms with Gasteiger partial charge in [0.05, 0.1) is 0 Å². The first kappa shape index (κ1) is 12.9. The summed E-state index contributed by atoms with van der Waals surface area (Å²) >= 11 is 0. The summed E-state index contributed by atoms with van der Waals surface area (Å²) in [6.45, 7) is 3.88. The van der Waals surface area contributed by atoms with Crippen molar-refractivity contribution in [2.75, 3.05) is 18.4 Å². The fourth-order valence-corrected chi connectivity index (χ4v) is 1.53. The second-order valence-electron chi connectivity index (χ2n) is 3.88. The van der Waals surface area contributed by atoms with E-state index in [1.807, 2.05) is 6.07 Å². The van der Waals surface area contributed by atoms with Crippen molar-refractivity contribution in [3.05, 3.63) is 18.1 Å². The van der Waals surface area contributed by atoms with Crippen LogP contribution < -0.4 is 11.1 Å². The van der Waals surface area contributed by atoms with Gasteiger partial charge in [0.15, 0.2) is 0 Å². The highest BCUT2D eigenvalue weighted by atomic mass is 15.0. The Hall–Kier alpha value is -1.16. The molecule has 0 aliphatic carbocycles. The van der Waals surface area contributed by atoms with Crippen molar-refractivity contribution < 1.29 is 0 Å². The molecule has 0 aliphatic heterocycles. The maximum Gasteiger partial charge on any atom is 0.129 e. The third-order valence-electron chi connectivity index (χ3n) is 2.52. The van der Waals surface area contributed by atoms with E-state index in [0.717, 1.165) is 37.4 Å². The van der Waals surface area contributed by atoms with E-state index in [1.165, 1.54) is 19.3 Å². The van der Waals surface area contributed by atoms with Crippen LogP contribution in [0.2, 0.25) is 0 Å². The van der Waals surface area contributed by atoms with Crippen LogP contribution in [0.15, 0.2) is 12.4 Å². The molecule has 1 aromatic heterocycles. The average Bonchev–Trinajstić information content (AvgIpc) is 2.34. The monoisotopic (exact) mass is 222 g/mol. The van der Waals surface area contributed by atoms with Gasteiger partial charge in [0.1, 0.15) is 12.1 Å². The van der Waals surface area contributed by atoms with E-state index in [9.17, 15) is 0 Å². The first-order chi connectivity index (χ1) is 7.86. The maximum absolute atomic E-state index is 5.43. The molecule has 1 heterocycles. The van der Waals surface area contributed by atoms with Gasteiger partial charge >= 0.3 is 0 Å². The molecule has 0 saturated carbocycles. The van der Waals surface area contributed by atoms with Gasteiger partial charge in [-0.25, -0.2) is 9.97 Å². The number of aromatic nitrogens is 2. The molecule has 1 aromatic rings. The molecular weight excluding hydrogens is 200 g/mol. The summed E-state index contributed by atoms with van der Waals surface area (Å²) in [5.41, 5.74) is 6.52. The molecule has 0 saturated heterocycles. The zero-order valence-electron chi connectivity index (χ0n) is 10.1. The first-order valence-electron chi connectivity index (χ1n) is 6.11. The van der Waals surface area contributed by atoms with Crippen LogP contribution >= 0.6 is 0 Å². The third kappa shape index (κ3) is 5.07. The minimum Gasteiger partial charge on any atom is -0.370 e. The van der Waals surface area contributed by atoms with Crippen molar-refractivity contribution >= 4 is 5.82 Å². The molecule has 0 fully saturated rings. The molecule has 0 spiro atoms. The Morgan fingerprint density at radius 1 is 1.19 bits per heavy atom. The second kappa shape index (κ2) is 8.05. The van der Waals surface area contributed by atoms with Crippen LogP contribution in [0.4, 0.5) is 5.82 Å². The highest BCUT2D eigenvalue weighted by Crippen LogP contribution is 2.05. The van der Waals surface area contributed by atoms with Crippen molar-refractivity contribution in [3.8, 4) is 0 Å². The fourth-order valence-electron chi connectivity index (χ4n) is 1.53. The molecule has 0 unspecified atom stereocenters. The normalized spacial score (nSPS) is 10.4. The predicted molar refractivity (Wildman–Crippen MR) is 67.4 cm³/mol. The van der Waals surface area contributed by atoms with E-state index < -0.39 is 0 Å². The Kier molecular flexibility index (Phi) is 6.49. The Balaban J connectivity index is 2.16. The zero-order valence-corrected chi connectivity index (χ0v) is 10.1. The number of rotatable bonds is 8. The largest absolute Gasteiger partial charge is 0.370 e. The SMILES string of the molecule is CCc1cc(NCCCCCCN)ncn1. The van der Waals surface area contributed by atoms with Crippen LogP contribution in [0.3, 0.4) is 0 Å². The predicted octanol–water partition coefficient (Wildman–Crippen LogP) is 1.97. The summed E-state index contributed by atoms with van der Waals surface area (Å²) in [4.78, 5) is 8.34. The van der Waals surface area contributed by atoms with Gasteiger partial charge in [0.2, 0.25) is 0 Å². The molecule has 0 aromatic carbocycles. The van der Waals surface area contributed by atoms with E-state index in [0.29, 0.717) is 0 Å². The van der Waals surface area contributed by atoms with E-state index in [-0.39, 0.29) is 0 Å². The Bertz CT molecular complexity index is 288. The lowest BCUT2D eigenvalue weighted by Gasteiger charge is -2.05. The summed E-state index contributed by atoms with van der Waals surface area (Å²) in [5, 5.41) is 3.31. The number of hydrogen-bond donors (Lipinski definition) is 2. The lowest BCUT2D eigenvalue weighted by molar-refractivity contribution is 0.661.